The number of carbonyl (C=O) groups is 2. The van der Waals surface area contributed by atoms with Crippen LogP contribution < -0.4 is 20.7 Å². The summed E-state index contributed by atoms with van der Waals surface area (Å²) in [7, 11) is 1.59. The molecule has 0 bridgehead atoms. The van der Waals surface area contributed by atoms with Crippen LogP contribution in [0.2, 0.25) is 0 Å². The van der Waals surface area contributed by atoms with Crippen LogP contribution >= 0.6 is 11.8 Å². The van der Waals surface area contributed by atoms with Gasteiger partial charge in [-0.15, -0.1) is 0 Å². The fourth-order valence-electron chi connectivity index (χ4n) is 5.43. The van der Waals surface area contributed by atoms with Gasteiger partial charge < -0.3 is 25.6 Å². The van der Waals surface area contributed by atoms with Crippen molar-refractivity contribution in [1.29, 1.82) is 0 Å². The molecule has 1 unspecified atom stereocenters. The van der Waals surface area contributed by atoms with Gasteiger partial charge in [0.1, 0.15) is 5.75 Å². The maximum atomic E-state index is 13.8. The van der Waals surface area contributed by atoms with E-state index in [0.29, 0.717) is 28.4 Å². The van der Waals surface area contributed by atoms with Crippen molar-refractivity contribution in [2.24, 2.45) is 4.99 Å². The van der Waals surface area contributed by atoms with Gasteiger partial charge in [-0.3, -0.25) is 4.79 Å². The Morgan fingerprint density at radius 2 is 1.84 bits per heavy atom. The number of carbonyl (C=O) groups excluding carboxylic acids is 2. The summed E-state index contributed by atoms with van der Waals surface area (Å²) in [4.78, 5) is 33.5. The molecule has 5 rings (SSSR count). The molecule has 3 N–H and O–H groups in total. The van der Waals surface area contributed by atoms with Crippen LogP contribution in [0.1, 0.15) is 57.1 Å². The second-order valence-corrected chi connectivity index (χ2v) is 11.0. The molecule has 38 heavy (non-hydrogen) atoms. The Morgan fingerprint density at radius 3 is 2.66 bits per heavy atom. The fourth-order valence-corrected chi connectivity index (χ4v) is 6.45. The van der Waals surface area contributed by atoms with Crippen LogP contribution in [0.3, 0.4) is 0 Å². The number of amides is 3. The SMILES string of the molecule is COc1ccccc1NC(=O)C1=C(C)N=C2SCCCN2C1c1cccc(NC(=O)NC2CCCCC2)c1. The molecule has 2 aromatic rings. The summed E-state index contributed by atoms with van der Waals surface area (Å²) < 4.78 is 5.45. The molecule has 0 aromatic heterocycles. The molecule has 9 heteroatoms. The number of nitrogens with zero attached hydrogens (tertiary/aromatic N) is 2. The lowest BCUT2D eigenvalue weighted by molar-refractivity contribution is -0.113. The lowest BCUT2D eigenvalue weighted by Crippen LogP contribution is -2.43. The number of rotatable bonds is 6. The van der Waals surface area contributed by atoms with Crippen molar-refractivity contribution in [3.05, 3.63) is 65.4 Å². The Labute approximate surface area is 228 Å². The molecule has 1 saturated heterocycles. The number of benzene rings is 2. The van der Waals surface area contributed by atoms with Gasteiger partial charge in [0.15, 0.2) is 5.17 Å². The Morgan fingerprint density at radius 1 is 1.03 bits per heavy atom. The summed E-state index contributed by atoms with van der Waals surface area (Å²) in [6, 6.07) is 14.9. The molecule has 3 amide bonds. The first-order chi connectivity index (χ1) is 18.5. The van der Waals surface area contributed by atoms with E-state index in [1.165, 1.54) is 6.42 Å². The molecule has 200 valence electrons. The number of aliphatic imine (C=N–C) groups is 1. The van der Waals surface area contributed by atoms with Crippen molar-refractivity contribution in [3.8, 4) is 5.75 Å². The molecule has 8 nitrogen and oxygen atoms in total. The largest absolute Gasteiger partial charge is 0.495 e. The number of allylic oxidation sites excluding steroid dienone is 1. The first kappa shape index (κ1) is 26.2. The van der Waals surface area contributed by atoms with E-state index < -0.39 is 0 Å². The van der Waals surface area contributed by atoms with Gasteiger partial charge in [0.05, 0.1) is 30.1 Å². The van der Waals surface area contributed by atoms with E-state index in [9.17, 15) is 9.59 Å². The van der Waals surface area contributed by atoms with Gasteiger partial charge in [0.25, 0.3) is 5.91 Å². The van der Waals surface area contributed by atoms with Gasteiger partial charge in [-0.1, -0.05) is 55.3 Å². The van der Waals surface area contributed by atoms with E-state index in [2.05, 4.69) is 20.9 Å². The smallest absolute Gasteiger partial charge is 0.319 e. The van der Waals surface area contributed by atoms with E-state index in [0.717, 1.165) is 55.1 Å². The summed E-state index contributed by atoms with van der Waals surface area (Å²) in [5, 5.41) is 10.1. The van der Waals surface area contributed by atoms with Crippen LogP contribution in [0.15, 0.2) is 64.8 Å². The first-order valence-corrected chi connectivity index (χ1v) is 14.3. The van der Waals surface area contributed by atoms with E-state index in [4.69, 9.17) is 9.73 Å². The number of hydrogen-bond acceptors (Lipinski definition) is 6. The van der Waals surface area contributed by atoms with Crippen molar-refractivity contribution in [2.75, 3.05) is 30.0 Å². The van der Waals surface area contributed by atoms with Crippen LogP contribution in [-0.2, 0) is 4.79 Å². The summed E-state index contributed by atoms with van der Waals surface area (Å²) >= 11 is 1.72. The molecular formula is C29H35N5O3S. The number of methoxy groups -OCH3 is 1. The third kappa shape index (κ3) is 5.83. The highest BCUT2D eigenvalue weighted by atomic mass is 32.2. The normalized spacial score (nSPS) is 19.8. The van der Waals surface area contributed by atoms with E-state index in [1.54, 1.807) is 18.9 Å². The van der Waals surface area contributed by atoms with Crippen LogP contribution in [-0.4, -0.2) is 47.5 Å². The summed E-state index contributed by atoms with van der Waals surface area (Å²) in [6.07, 6.45) is 6.61. The maximum absolute atomic E-state index is 13.8. The molecule has 3 aliphatic rings. The zero-order valence-electron chi connectivity index (χ0n) is 22.0. The molecule has 2 heterocycles. The number of amidine groups is 1. The monoisotopic (exact) mass is 533 g/mol. The number of thioether (sulfide) groups is 1. The highest BCUT2D eigenvalue weighted by Gasteiger charge is 2.37. The highest BCUT2D eigenvalue weighted by Crippen LogP contribution is 2.40. The topological polar surface area (TPSA) is 95.1 Å². The van der Waals surface area contributed by atoms with Gasteiger partial charge in [-0.25, -0.2) is 9.79 Å². The molecule has 2 fully saturated rings. The average Bonchev–Trinajstić information content (AvgIpc) is 2.93. The molecular weight excluding hydrogens is 498 g/mol. The second-order valence-electron chi connectivity index (χ2n) is 9.90. The Kier molecular flexibility index (Phi) is 8.22. The lowest BCUT2D eigenvalue weighted by atomic mass is 9.93. The van der Waals surface area contributed by atoms with Crippen molar-refractivity contribution >= 4 is 40.2 Å². The predicted octanol–water partition coefficient (Wildman–Crippen LogP) is 5.91. The van der Waals surface area contributed by atoms with Gasteiger partial charge in [0.2, 0.25) is 0 Å². The molecule has 1 atom stereocenters. The third-order valence-corrected chi connectivity index (χ3v) is 8.34. The van der Waals surface area contributed by atoms with Gasteiger partial charge in [-0.2, -0.15) is 0 Å². The Balaban J connectivity index is 1.42. The second kappa shape index (κ2) is 11.9. The summed E-state index contributed by atoms with van der Waals surface area (Å²) in [5.41, 5.74) is 3.52. The number of ether oxygens (including phenoxy) is 1. The van der Waals surface area contributed by atoms with Crippen molar-refractivity contribution in [2.45, 2.75) is 57.5 Å². The first-order valence-electron chi connectivity index (χ1n) is 13.3. The minimum atomic E-state index is -0.326. The number of nitrogens with one attached hydrogen (secondary N) is 3. The number of para-hydroxylation sites is 2. The zero-order chi connectivity index (χ0) is 26.5. The fraction of sp³-hybridized carbons (Fsp3) is 0.414. The molecule has 0 radical (unpaired) electrons. The Bertz CT molecular complexity index is 1250. The van der Waals surface area contributed by atoms with Crippen LogP contribution in [0.5, 0.6) is 5.75 Å². The molecule has 0 spiro atoms. The van der Waals surface area contributed by atoms with E-state index >= 15 is 0 Å². The van der Waals surface area contributed by atoms with Crippen molar-refractivity contribution < 1.29 is 14.3 Å². The Hall–Kier alpha value is -3.46. The quantitative estimate of drug-likeness (QED) is 0.429. The van der Waals surface area contributed by atoms with Crippen molar-refractivity contribution in [1.82, 2.24) is 10.2 Å². The zero-order valence-corrected chi connectivity index (χ0v) is 22.8. The van der Waals surface area contributed by atoms with Crippen LogP contribution in [0.4, 0.5) is 16.2 Å². The molecule has 2 aromatic carbocycles. The van der Waals surface area contributed by atoms with Crippen LogP contribution in [0, 0.1) is 0 Å². The van der Waals surface area contributed by atoms with E-state index in [1.807, 2.05) is 55.5 Å². The van der Waals surface area contributed by atoms with Gasteiger partial charge >= 0.3 is 6.03 Å². The van der Waals surface area contributed by atoms with E-state index in [-0.39, 0.29) is 24.0 Å². The number of hydrogen-bond donors (Lipinski definition) is 3. The van der Waals surface area contributed by atoms with Crippen molar-refractivity contribution in [3.63, 3.8) is 0 Å². The van der Waals surface area contributed by atoms with Gasteiger partial charge in [-0.05, 0) is 56.0 Å². The maximum Gasteiger partial charge on any atom is 0.319 e. The average molecular weight is 534 g/mol. The number of anilines is 2. The van der Waals surface area contributed by atoms with Gasteiger partial charge in [0, 0.05) is 24.0 Å². The number of fused-ring (bicyclic) bond motifs is 1. The number of urea groups is 1. The molecule has 1 aliphatic carbocycles. The predicted molar refractivity (Wildman–Crippen MR) is 154 cm³/mol. The minimum Gasteiger partial charge on any atom is -0.495 e. The molecule has 2 aliphatic heterocycles. The lowest BCUT2D eigenvalue weighted by Gasteiger charge is -2.41. The minimum absolute atomic E-state index is 0.186. The molecule has 1 saturated carbocycles. The summed E-state index contributed by atoms with van der Waals surface area (Å²) in [6.45, 7) is 2.69. The third-order valence-electron chi connectivity index (χ3n) is 7.26. The van der Waals surface area contributed by atoms with Crippen LogP contribution in [0.25, 0.3) is 0 Å². The highest BCUT2D eigenvalue weighted by molar-refractivity contribution is 8.13. The standard InChI is InChI=1S/C29H35N5O3S/c1-19-25(27(35)33-23-14-6-7-15-24(23)37-2)26(34-16-9-17-38-29(34)30-19)20-10-8-13-22(18-20)32-28(36)31-21-11-4-3-5-12-21/h6-8,10,13-15,18,21,26H,3-5,9,11-12,16-17H2,1-2H3,(H,33,35)(H2,31,32,36). The summed E-state index contributed by atoms with van der Waals surface area (Å²) in [5.74, 6) is 1.38.